The largest absolute Gasteiger partial charge is 0.493 e. The van der Waals surface area contributed by atoms with Crippen LogP contribution in [0.4, 0.5) is 16.2 Å². The van der Waals surface area contributed by atoms with Crippen LogP contribution in [0.1, 0.15) is 0 Å². The van der Waals surface area contributed by atoms with Crippen LogP contribution in [0.5, 0.6) is 17.2 Å². The molecule has 27 heavy (non-hydrogen) atoms. The number of rotatable bonds is 5. The number of hydrogen-bond acceptors (Lipinski definition) is 3. The van der Waals surface area contributed by atoms with Gasteiger partial charge in [0.25, 0.3) is 0 Å². The van der Waals surface area contributed by atoms with Crippen molar-refractivity contribution in [1.82, 2.24) is 0 Å². The lowest BCUT2D eigenvalue weighted by molar-refractivity contribution is 0.253. The van der Waals surface area contributed by atoms with Gasteiger partial charge in [-0.1, -0.05) is 36.4 Å². The van der Waals surface area contributed by atoms with E-state index in [0.29, 0.717) is 17.2 Å². The number of carbonyl (C=O) groups excluding carboxylic acids is 1. The average molecular weight is 362 g/mol. The summed E-state index contributed by atoms with van der Waals surface area (Å²) in [5.74, 6) is 1.86. The summed E-state index contributed by atoms with van der Waals surface area (Å²) in [5, 5.41) is 0. The highest BCUT2D eigenvalue weighted by atomic mass is 16.5. The zero-order chi connectivity index (χ0) is 19.2. The van der Waals surface area contributed by atoms with Gasteiger partial charge in [0, 0.05) is 31.5 Å². The van der Waals surface area contributed by atoms with E-state index in [9.17, 15) is 4.79 Å². The van der Waals surface area contributed by atoms with Gasteiger partial charge in [-0.15, -0.1) is 0 Å². The number of nitrogens with zero attached hydrogens (tertiary/aromatic N) is 2. The van der Waals surface area contributed by atoms with E-state index < -0.39 is 0 Å². The summed E-state index contributed by atoms with van der Waals surface area (Å²) in [7, 11) is 5.06. The van der Waals surface area contributed by atoms with E-state index in [-0.39, 0.29) is 6.03 Å². The zero-order valence-electron chi connectivity index (χ0n) is 15.6. The van der Waals surface area contributed by atoms with Crippen molar-refractivity contribution in [2.24, 2.45) is 0 Å². The molecule has 2 amide bonds. The fourth-order valence-electron chi connectivity index (χ4n) is 2.66. The molecule has 0 fully saturated rings. The number of para-hydroxylation sites is 2. The molecular weight excluding hydrogens is 340 g/mol. The number of amides is 2. The molecule has 0 aromatic heterocycles. The van der Waals surface area contributed by atoms with Gasteiger partial charge in [0.1, 0.15) is 5.75 Å². The van der Waals surface area contributed by atoms with Crippen LogP contribution in [-0.4, -0.2) is 27.2 Å². The second-order valence-corrected chi connectivity index (χ2v) is 5.99. The molecule has 0 saturated heterocycles. The van der Waals surface area contributed by atoms with Gasteiger partial charge in [-0.2, -0.15) is 0 Å². The second kappa shape index (κ2) is 8.27. The van der Waals surface area contributed by atoms with Crippen molar-refractivity contribution in [3.05, 3.63) is 78.9 Å². The summed E-state index contributed by atoms with van der Waals surface area (Å²) >= 11 is 0. The van der Waals surface area contributed by atoms with Gasteiger partial charge in [-0.3, -0.25) is 9.80 Å². The van der Waals surface area contributed by atoms with Crippen molar-refractivity contribution < 1.29 is 14.3 Å². The molecule has 0 heterocycles. The second-order valence-electron chi connectivity index (χ2n) is 5.99. The summed E-state index contributed by atoms with van der Waals surface area (Å²) in [6.45, 7) is 0. The molecule has 0 aliphatic rings. The van der Waals surface area contributed by atoms with Gasteiger partial charge in [0.15, 0.2) is 11.5 Å². The summed E-state index contributed by atoms with van der Waals surface area (Å²) in [6, 6.07) is 24.3. The maximum absolute atomic E-state index is 12.8. The summed E-state index contributed by atoms with van der Waals surface area (Å²) in [6.07, 6.45) is 0. The number of methoxy groups -OCH3 is 1. The molecule has 138 valence electrons. The number of benzene rings is 3. The number of urea groups is 1. The van der Waals surface area contributed by atoms with E-state index in [1.165, 1.54) is 0 Å². The van der Waals surface area contributed by atoms with Gasteiger partial charge >= 0.3 is 6.03 Å². The Morgan fingerprint density at radius 1 is 0.741 bits per heavy atom. The standard InChI is InChI=1S/C22H22N2O3/c1-23(17-10-6-4-7-11-17)22(25)24(2)18-14-15-20(21(16-18)26-3)27-19-12-8-5-9-13-19/h4-16H,1-3H3. The van der Waals surface area contributed by atoms with Gasteiger partial charge in [0.2, 0.25) is 0 Å². The minimum Gasteiger partial charge on any atom is -0.493 e. The van der Waals surface area contributed by atoms with Crippen molar-refractivity contribution in [3.63, 3.8) is 0 Å². The molecule has 0 spiro atoms. The van der Waals surface area contributed by atoms with E-state index in [4.69, 9.17) is 9.47 Å². The normalized spacial score (nSPS) is 10.2. The molecule has 0 atom stereocenters. The maximum Gasteiger partial charge on any atom is 0.328 e. The number of ether oxygens (including phenoxy) is 2. The molecule has 3 aromatic carbocycles. The molecule has 5 heteroatoms. The monoisotopic (exact) mass is 362 g/mol. The Balaban J connectivity index is 1.81. The van der Waals surface area contributed by atoms with Crippen molar-refractivity contribution in [3.8, 4) is 17.2 Å². The number of hydrogen-bond donors (Lipinski definition) is 0. The molecule has 0 unspecified atom stereocenters. The lowest BCUT2D eigenvalue weighted by Gasteiger charge is -2.25. The lowest BCUT2D eigenvalue weighted by atomic mass is 10.2. The third-order valence-corrected chi connectivity index (χ3v) is 4.22. The highest BCUT2D eigenvalue weighted by molar-refractivity contribution is 6.02. The van der Waals surface area contributed by atoms with Crippen molar-refractivity contribution >= 4 is 17.4 Å². The van der Waals surface area contributed by atoms with Crippen molar-refractivity contribution in [2.45, 2.75) is 0 Å². The Bertz CT molecular complexity index is 898. The molecule has 0 N–H and O–H groups in total. The maximum atomic E-state index is 12.8. The minimum atomic E-state index is -0.153. The first kappa shape index (κ1) is 18.3. The molecule has 5 nitrogen and oxygen atoms in total. The topological polar surface area (TPSA) is 42.0 Å². The Labute approximate surface area is 159 Å². The molecule has 0 saturated carbocycles. The predicted octanol–water partition coefficient (Wildman–Crippen LogP) is 5.18. The number of anilines is 2. The number of carbonyl (C=O) groups is 1. The van der Waals surface area contributed by atoms with Crippen LogP contribution in [0.25, 0.3) is 0 Å². The third kappa shape index (κ3) is 4.20. The van der Waals surface area contributed by atoms with Gasteiger partial charge in [-0.25, -0.2) is 4.79 Å². The zero-order valence-corrected chi connectivity index (χ0v) is 15.6. The van der Waals surface area contributed by atoms with Gasteiger partial charge < -0.3 is 9.47 Å². The van der Waals surface area contributed by atoms with Crippen LogP contribution in [-0.2, 0) is 0 Å². The van der Waals surface area contributed by atoms with Crippen LogP contribution >= 0.6 is 0 Å². The smallest absolute Gasteiger partial charge is 0.328 e. The van der Waals surface area contributed by atoms with E-state index in [0.717, 1.165) is 11.4 Å². The van der Waals surface area contributed by atoms with Crippen molar-refractivity contribution in [1.29, 1.82) is 0 Å². The van der Waals surface area contributed by atoms with E-state index in [2.05, 4.69) is 0 Å². The van der Waals surface area contributed by atoms with Crippen LogP contribution < -0.4 is 19.3 Å². The fourth-order valence-corrected chi connectivity index (χ4v) is 2.66. The highest BCUT2D eigenvalue weighted by Crippen LogP contribution is 2.35. The molecular formula is C22H22N2O3. The van der Waals surface area contributed by atoms with Crippen LogP contribution in [0.2, 0.25) is 0 Å². The summed E-state index contributed by atoms with van der Waals surface area (Å²) in [4.78, 5) is 16.0. The summed E-state index contributed by atoms with van der Waals surface area (Å²) < 4.78 is 11.3. The van der Waals surface area contributed by atoms with Gasteiger partial charge in [-0.05, 0) is 36.4 Å². The molecule has 3 rings (SSSR count). The van der Waals surface area contributed by atoms with E-state index >= 15 is 0 Å². The van der Waals surface area contributed by atoms with E-state index in [1.807, 2.05) is 66.7 Å². The molecule has 3 aromatic rings. The molecule has 0 radical (unpaired) electrons. The highest BCUT2D eigenvalue weighted by Gasteiger charge is 2.18. The molecule has 0 aliphatic heterocycles. The van der Waals surface area contributed by atoms with Crippen LogP contribution in [0, 0.1) is 0 Å². The van der Waals surface area contributed by atoms with E-state index in [1.54, 1.807) is 43.1 Å². The predicted molar refractivity (Wildman–Crippen MR) is 108 cm³/mol. The van der Waals surface area contributed by atoms with Crippen molar-refractivity contribution in [2.75, 3.05) is 31.0 Å². The van der Waals surface area contributed by atoms with Gasteiger partial charge in [0.05, 0.1) is 7.11 Å². The minimum absolute atomic E-state index is 0.153. The first-order chi connectivity index (χ1) is 13.1. The SMILES string of the molecule is COc1cc(N(C)C(=O)N(C)c2ccccc2)ccc1Oc1ccccc1. The summed E-state index contributed by atoms with van der Waals surface area (Å²) in [5.41, 5.74) is 1.53. The van der Waals surface area contributed by atoms with Crippen LogP contribution in [0.15, 0.2) is 78.9 Å². The Kier molecular flexibility index (Phi) is 5.61. The average Bonchev–Trinajstić information content (AvgIpc) is 2.73. The first-order valence-corrected chi connectivity index (χ1v) is 8.57. The lowest BCUT2D eigenvalue weighted by Crippen LogP contribution is -2.38. The Morgan fingerprint density at radius 2 is 1.33 bits per heavy atom. The first-order valence-electron chi connectivity index (χ1n) is 8.57. The Hall–Kier alpha value is -3.47. The van der Waals surface area contributed by atoms with Crippen LogP contribution in [0.3, 0.4) is 0 Å². The fraction of sp³-hybridized carbons (Fsp3) is 0.136. The third-order valence-electron chi connectivity index (χ3n) is 4.22. The molecule has 0 aliphatic carbocycles. The quantitative estimate of drug-likeness (QED) is 0.628. The molecule has 0 bridgehead atoms. The Morgan fingerprint density at radius 3 is 1.96 bits per heavy atom.